The van der Waals surface area contributed by atoms with E-state index in [1.807, 2.05) is 17.7 Å². The number of nitrogens with one attached hydrogen (secondary N) is 1. The van der Waals surface area contributed by atoms with Gasteiger partial charge in [0.05, 0.1) is 0 Å². The minimum absolute atomic E-state index is 0.440. The van der Waals surface area contributed by atoms with Gasteiger partial charge in [-0.15, -0.1) is 0 Å². The van der Waals surface area contributed by atoms with Gasteiger partial charge in [-0.3, -0.25) is 0 Å². The van der Waals surface area contributed by atoms with Crippen LogP contribution in [0.4, 0.5) is 0 Å². The number of carboxylic acids is 1. The summed E-state index contributed by atoms with van der Waals surface area (Å²) in [6.45, 7) is 8.34. The van der Waals surface area contributed by atoms with Crippen molar-refractivity contribution in [2.45, 2.75) is 26.7 Å². The summed E-state index contributed by atoms with van der Waals surface area (Å²) >= 11 is 0. The molecule has 0 aromatic carbocycles. The lowest BCUT2D eigenvalue weighted by atomic mass is 10.1. The Morgan fingerprint density at radius 3 is 2.53 bits per heavy atom. The largest absolute Gasteiger partial charge is 0.478 e. The highest BCUT2D eigenvalue weighted by Crippen LogP contribution is 2.16. The molecule has 0 aliphatic rings. The third-order valence-electron chi connectivity index (χ3n) is 2.44. The van der Waals surface area contributed by atoms with Gasteiger partial charge in [0, 0.05) is 23.6 Å². The molecule has 2 N–H and O–H groups in total. The zero-order chi connectivity index (χ0) is 13.3. The second-order valence-corrected chi connectivity index (χ2v) is 6.41. The first-order valence-electron chi connectivity index (χ1n) is 5.46. The smallest absolute Gasteiger partial charge is 0.331 e. The van der Waals surface area contributed by atoms with Crippen LogP contribution in [0.5, 0.6) is 0 Å². The van der Waals surface area contributed by atoms with Gasteiger partial charge in [-0.1, -0.05) is 33.7 Å². The topological polar surface area (TPSA) is 49.3 Å². The van der Waals surface area contributed by atoms with Crippen molar-refractivity contribution in [3.8, 4) is 0 Å². The van der Waals surface area contributed by atoms with Crippen molar-refractivity contribution >= 4 is 27.6 Å². The van der Waals surface area contributed by atoms with Crippen LogP contribution in [0.2, 0.25) is 0 Å². The van der Waals surface area contributed by atoms with Crippen molar-refractivity contribution in [1.29, 1.82) is 0 Å². The first-order valence-corrected chi connectivity index (χ1v) is 8.18. The van der Waals surface area contributed by atoms with Crippen LogP contribution in [0, 0.1) is 0 Å². The molecule has 0 atom stereocenters. The maximum atomic E-state index is 10.7. The van der Waals surface area contributed by atoms with Gasteiger partial charge in [-0.25, -0.2) is 4.79 Å². The summed E-state index contributed by atoms with van der Waals surface area (Å²) in [5.74, 6) is 0.209. The van der Waals surface area contributed by atoms with E-state index in [1.165, 1.54) is 0 Å². The van der Waals surface area contributed by atoms with E-state index in [0.717, 1.165) is 36.4 Å². The van der Waals surface area contributed by atoms with Crippen molar-refractivity contribution in [2.24, 2.45) is 0 Å². The monoisotopic (exact) mass is 275 g/mol. The van der Waals surface area contributed by atoms with Crippen LogP contribution in [0.25, 0.3) is 0 Å². The van der Waals surface area contributed by atoms with Crippen LogP contribution in [-0.2, 0) is 4.79 Å². The highest BCUT2D eigenvalue weighted by molar-refractivity contribution is 8.76. The summed E-state index contributed by atoms with van der Waals surface area (Å²) in [6, 6.07) is 0. The Hall–Kier alpha value is -0.550. The Labute approximate surface area is 112 Å². The van der Waals surface area contributed by atoms with Crippen molar-refractivity contribution in [3.05, 3.63) is 23.4 Å². The highest BCUT2D eigenvalue weighted by Gasteiger charge is 2.05. The van der Waals surface area contributed by atoms with Crippen molar-refractivity contribution in [2.75, 3.05) is 18.6 Å². The van der Waals surface area contributed by atoms with Crippen LogP contribution < -0.4 is 5.32 Å². The van der Waals surface area contributed by atoms with Crippen LogP contribution in [-0.4, -0.2) is 29.6 Å². The standard InChI is InChI=1S/C12H21NO2S2/c1-9(11(3)12(14)15)5-6-10(2)13-7-8-17-16-4/h13H,2,5-8H2,1,3-4H3,(H,14,15)/b11-9+. The van der Waals surface area contributed by atoms with E-state index < -0.39 is 5.97 Å². The molecule has 17 heavy (non-hydrogen) atoms. The Kier molecular flexibility index (Phi) is 9.17. The maximum Gasteiger partial charge on any atom is 0.331 e. The molecule has 0 saturated heterocycles. The molecular weight excluding hydrogens is 254 g/mol. The van der Waals surface area contributed by atoms with Gasteiger partial charge in [0.15, 0.2) is 0 Å². The number of allylic oxidation sites excluding steroid dienone is 2. The van der Waals surface area contributed by atoms with Gasteiger partial charge in [-0.05, 0) is 32.9 Å². The number of hydrogen-bond donors (Lipinski definition) is 2. The number of rotatable bonds is 9. The highest BCUT2D eigenvalue weighted by atomic mass is 33.1. The van der Waals surface area contributed by atoms with Crippen LogP contribution >= 0.6 is 21.6 Å². The van der Waals surface area contributed by atoms with E-state index in [2.05, 4.69) is 18.2 Å². The van der Waals surface area contributed by atoms with Crippen molar-refractivity contribution in [3.63, 3.8) is 0 Å². The Balaban J connectivity index is 3.84. The predicted molar refractivity (Wildman–Crippen MR) is 78.4 cm³/mol. The summed E-state index contributed by atoms with van der Waals surface area (Å²) in [4.78, 5) is 10.7. The quantitative estimate of drug-likeness (QED) is 0.384. The van der Waals surface area contributed by atoms with Gasteiger partial charge < -0.3 is 10.4 Å². The second kappa shape index (κ2) is 9.48. The summed E-state index contributed by atoms with van der Waals surface area (Å²) in [7, 11) is 3.56. The molecule has 0 aromatic rings. The van der Waals surface area contributed by atoms with E-state index >= 15 is 0 Å². The number of carboxylic acid groups (broad SMARTS) is 1. The predicted octanol–water partition coefficient (Wildman–Crippen LogP) is 3.30. The Bertz CT molecular complexity index is 301. The van der Waals surface area contributed by atoms with Crippen molar-refractivity contribution in [1.82, 2.24) is 5.32 Å². The summed E-state index contributed by atoms with van der Waals surface area (Å²) in [5.41, 5.74) is 2.33. The van der Waals surface area contributed by atoms with Gasteiger partial charge in [0.1, 0.15) is 0 Å². The third-order valence-corrected chi connectivity index (χ3v) is 4.25. The van der Waals surface area contributed by atoms with Crippen LogP contribution in [0.1, 0.15) is 26.7 Å². The molecule has 0 amide bonds. The minimum atomic E-state index is -0.836. The lowest BCUT2D eigenvalue weighted by molar-refractivity contribution is -0.132. The van der Waals surface area contributed by atoms with Crippen molar-refractivity contribution < 1.29 is 9.90 Å². The lowest BCUT2D eigenvalue weighted by Gasteiger charge is -2.10. The van der Waals surface area contributed by atoms with E-state index in [9.17, 15) is 4.79 Å². The fraction of sp³-hybridized carbons (Fsp3) is 0.583. The number of hydrogen-bond acceptors (Lipinski definition) is 4. The molecule has 0 saturated carbocycles. The zero-order valence-electron chi connectivity index (χ0n) is 10.7. The van der Waals surface area contributed by atoms with Gasteiger partial charge >= 0.3 is 5.97 Å². The van der Waals surface area contributed by atoms with Gasteiger partial charge in [0.25, 0.3) is 0 Å². The van der Waals surface area contributed by atoms with E-state index in [-0.39, 0.29) is 0 Å². The normalized spacial score (nSPS) is 11.9. The summed E-state index contributed by atoms with van der Waals surface area (Å²) in [5, 5.41) is 12.1. The second-order valence-electron chi connectivity index (χ2n) is 3.73. The van der Waals surface area contributed by atoms with Crippen LogP contribution in [0.15, 0.2) is 23.4 Å². The summed E-state index contributed by atoms with van der Waals surface area (Å²) < 4.78 is 0. The molecule has 0 spiro atoms. The molecule has 5 heteroatoms. The molecule has 98 valence electrons. The van der Waals surface area contributed by atoms with Gasteiger partial charge in [0.2, 0.25) is 0 Å². The number of aliphatic carboxylic acids is 1. The molecule has 0 aromatic heterocycles. The molecule has 0 aliphatic heterocycles. The molecule has 0 fully saturated rings. The first-order chi connectivity index (χ1) is 7.99. The zero-order valence-corrected chi connectivity index (χ0v) is 12.3. The average molecular weight is 275 g/mol. The molecule has 0 bridgehead atoms. The SMILES string of the molecule is C=C(CC/C(C)=C(\C)C(=O)O)NCCSSC. The molecule has 0 unspecified atom stereocenters. The Morgan fingerprint density at radius 2 is 2.00 bits per heavy atom. The molecule has 0 radical (unpaired) electrons. The molecule has 0 rings (SSSR count). The molecule has 0 heterocycles. The fourth-order valence-corrected chi connectivity index (χ4v) is 2.25. The first kappa shape index (κ1) is 16.4. The number of carbonyl (C=O) groups is 1. The van der Waals surface area contributed by atoms with E-state index in [1.54, 1.807) is 17.7 Å². The summed E-state index contributed by atoms with van der Waals surface area (Å²) in [6.07, 6.45) is 3.60. The minimum Gasteiger partial charge on any atom is -0.478 e. The third kappa shape index (κ3) is 8.21. The average Bonchev–Trinajstić information content (AvgIpc) is 2.30. The van der Waals surface area contributed by atoms with E-state index in [4.69, 9.17) is 5.11 Å². The Morgan fingerprint density at radius 1 is 1.35 bits per heavy atom. The fourth-order valence-electron chi connectivity index (χ4n) is 1.15. The van der Waals surface area contributed by atoms with E-state index in [0.29, 0.717) is 5.57 Å². The maximum absolute atomic E-state index is 10.7. The molecule has 3 nitrogen and oxygen atoms in total. The van der Waals surface area contributed by atoms with Crippen LogP contribution in [0.3, 0.4) is 0 Å². The molecular formula is C12H21NO2S2. The molecule has 0 aliphatic carbocycles. The lowest BCUT2D eigenvalue weighted by Crippen LogP contribution is -2.15. The van der Waals surface area contributed by atoms with Gasteiger partial charge in [-0.2, -0.15) is 0 Å².